The first-order valence-corrected chi connectivity index (χ1v) is 10.1. The SMILES string of the molecule is C=C[SiH]1OCCC[Si]1(C)C. The molecule has 1 aliphatic rings. The molecule has 1 aliphatic heterocycles. The Hall–Kier alpha value is 0.134. The summed E-state index contributed by atoms with van der Waals surface area (Å²) in [4.78, 5) is 0. The molecule has 1 unspecified atom stereocenters. The molecule has 0 N–H and O–H groups in total. The zero-order valence-corrected chi connectivity index (χ0v) is 9.05. The Morgan fingerprint density at radius 2 is 2.30 bits per heavy atom. The molecule has 3 heteroatoms. The number of hydrogen-bond acceptors (Lipinski definition) is 1. The Morgan fingerprint density at radius 1 is 1.60 bits per heavy atom. The summed E-state index contributed by atoms with van der Waals surface area (Å²) in [5.74, 6) is 0. The second-order valence-corrected chi connectivity index (χ2v) is 16.1. The Morgan fingerprint density at radius 3 is 2.70 bits per heavy atom. The lowest BCUT2D eigenvalue weighted by Gasteiger charge is -2.33. The van der Waals surface area contributed by atoms with Gasteiger partial charge in [0.05, 0.1) is 7.59 Å². The molecule has 0 aromatic rings. The molecule has 1 heterocycles. The average Bonchev–Trinajstić information content (AvgIpc) is 1.87. The standard InChI is InChI=1S/C7H16OSi2/c1-4-9-8-6-5-7-10(9,2)3/h4,9H,1,5-7H2,2-3H3. The summed E-state index contributed by atoms with van der Waals surface area (Å²) in [6.07, 6.45) is 1.29. The fourth-order valence-electron chi connectivity index (χ4n) is 1.49. The van der Waals surface area contributed by atoms with E-state index in [0.717, 1.165) is 6.61 Å². The molecule has 1 rings (SSSR count). The van der Waals surface area contributed by atoms with E-state index in [1.807, 2.05) is 0 Å². The summed E-state index contributed by atoms with van der Waals surface area (Å²) in [5, 5.41) is 0. The Labute approximate surface area is 65.6 Å². The second kappa shape index (κ2) is 3.02. The van der Waals surface area contributed by atoms with Crippen molar-refractivity contribution in [3.8, 4) is 0 Å². The lowest BCUT2D eigenvalue weighted by atomic mass is 10.5. The quantitative estimate of drug-likeness (QED) is 0.547. The van der Waals surface area contributed by atoms with Crippen LogP contribution in [0.25, 0.3) is 0 Å². The molecule has 0 spiro atoms. The molecule has 0 aliphatic carbocycles. The van der Waals surface area contributed by atoms with Crippen molar-refractivity contribution in [2.45, 2.75) is 25.6 Å². The van der Waals surface area contributed by atoms with Gasteiger partial charge in [-0.2, -0.15) is 0 Å². The van der Waals surface area contributed by atoms with Gasteiger partial charge >= 0.3 is 0 Å². The lowest BCUT2D eigenvalue weighted by Crippen LogP contribution is -2.49. The van der Waals surface area contributed by atoms with Crippen LogP contribution < -0.4 is 0 Å². The number of rotatable bonds is 1. The van der Waals surface area contributed by atoms with Gasteiger partial charge in [0, 0.05) is 6.61 Å². The van der Waals surface area contributed by atoms with Crippen LogP contribution in [0.5, 0.6) is 0 Å². The highest BCUT2D eigenvalue weighted by molar-refractivity contribution is 7.31. The third kappa shape index (κ3) is 1.59. The monoisotopic (exact) mass is 172 g/mol. The third-order valence-electron chi connectivity index (χ3n) is 2.25. The van der Waals surface area contributed by atoms with E-state index in [9.17, 15) is 0 Å². The van der Waals surface area contributed by atoms with Crippen molar-refractivity contribution < 1.29 is 4.43 Å². The van der Waals surface area contributed by atoms with Gasteiger partial charge in [-0.05, 0) is 6.42 Å². The van der Waals surface area contributed by atoms with Crippen molar-refractivity contribution in [3.05, 3.63) is 12.3 Å². The second-order valence-electron chi connectivity index (χ2n) is 3.62. The van der Waals surface area contributed by atoms with E-state index in [-0.39, 0.29) is 0 Å². The van der Waals surface area contributed by atoms with Crippen molar-refractivity contribution >= 4 is 16.1 Å². The maximum atomic E-state index is 5.72. The largest absolute Gasteiger partial charge is 0.419 e. The predicted octanol–water partition coefficient (Wildman–Crippen LogP) is 1.64. The lowest BCUT2D eigenvalue weighted by molar-refractivity contribution is 0.324. The topological polar surface area (TPSA) is 9.23 Å². The van der Waals surface area contributed by atoms with Crippen LogP contribution in [0.15, 0.2) is 12.3 Å². The van der Waals surface area contributed by atoms with E-state index in [2.05, 4.69) is 25.4 Å². The van der Waals surface area contributed by atoms with Crippen LogP contribution in [-0.4, -0.2) is 22.8 Å². The van der Waals surface area contributed by atoms with Gasteiger partial charge in [0.2, 0.25) is 0 Å². The maximum absolute atomic E-state index is 5.72. The van der Waals surface area contributed by atoms with E-state index in [1.165, 1.54) is 12.5 Å². The van der Waals surface area contributed by atoms with Crippen LogP contribution in [0.1, 0.15) is 6.42 Å². The normalized spacial score (nSPS) is 31.6. The Balaban J connectivity index is 2.59. The first-order chi connectivity index (χ1) is 4.67. The zero-order valence-electron chi connectivity index (χ0n) is 6.89. The molecule has 1 fully saturated rings. The van der Waals surface area contributed by atoms with Gasteiger partial charge in [-0.15, -0.1) is 6.58 Å². The van der Waals surface area contributed by atoms with Gasteiger partial charge < -0.3 is 4.43 Å². The smallest absolute Gasteiger partial charge is 0.187 e. The highest BCUT2D eigenvalue weighted by Gasteiger charge is 2.34. The van der Waals surface area contributed by atoms with Crippen LogP contribution in [0.2, 0.25) is 19.1 Å². The molecule has 1 nitrogen and oxygen atoms in total. The zero-order chi connectivity index (χ0) is 7.61. The van der Waals surface area contributed by atoms with Gasteiger partial charge in [-0.25, -0.2) is 0 Å². The molecule has 10 heavy (non-hydrogen) atoms. The first-order valence-electron chi connectivity index (χ1n) is 3.91. The molecule has 58 valence electrons. The van der Waals surface area contributed by atoms with E-state index in [1.54, 1.807) is 0 Å². The summed E-state index contributed by atoms with van der Waals surface area (Å²) in [6.45, 7) is 9.72. The molecular formula is C7H16OSi2. The highest BCUT2D eigenvalue weighted by atomic mass is 29.2. The third-order valence-corrected chi connectivity index (χ3v) is 13.1. The molecule has 0 bridgehead atoms. The van der Waals surface area contributed by atoms with Crippen LogP contribution in [0.4, 0.5) is 0 Å². The van der Waals surface area contributed by atoms with E-state index in [4.69, 9.17) is 4.43 Å². The summed E-state index contributed by atoms with van der Waals surface area (Å²) in [5.41, 5.74) is 2.12. The van der Waals surface area contributed by atoms with Crippen LogP contribution in [0, 0.1) is 0 Å². The molecule has 1 saturated heterocycles. The minimum Gasteiger partial charge on any atom is -0.419 e. The summed E-state index contributed by atoms with van der Waals surface area (Å²) in [6, 6.07) is 1.45. The minimum atomic E-state index is -0.921. The van der Waals surface area contributed by atoms with E-state index >= 15 is 0 Å². The van der Waals surface area contributed by atoms with Gasteiger partial charge in [-0.3, -0.25) is 0 Å². The highest BCUT2D eigenvalue weighted by Crippen LogP contribution is 2.21. The van der Waals surface area contributed by atoms with Crippen LogP contribution >= 0.6 is 0 Å². The molecule has 0 saturated carbocycles. The van der Waals surface area contributed by atoms with Gasteiger partial charge in [0.1, 0.15) is 0 Å². The van der Waals surface area contributed by atoms with Gasteiger partial charge in [-0.1, -0.05) is 24.8 Å². The fourth-order valence-corrected chi connectivity index (χ4v) is 9.57. The molecule has 0 aromatic carbocycles. The van der Waals surface area contributed by atoms with Crippen molar-refractivity contribution in [2.75, 3.05) is 6.61 Å². The first kappa shape index (κ1) is 8.23. The van der Waals surface area contributed by atoms with Gasteiger partial charge in [0.25, 0.3) is 0 Å². The molecule has 0 amide bonds. The minimum absolute atomic E-state index is 0.912. The summed E-state index contributed by atoms with van der Waals surface area (Å²) < 4.78 is 5.72. The molecular weight excluding hydrogens is 156 g/mol. The Kier molecular flexibility index (Phi) is 2.49. The number of hydrogen-bond donors (Lipinski definition) is 0. The molecule has 1 atom stereocenters. The van der Waals surface area contributed by atoms with Crippen molar-refractivity contribution in [2.24, 2.45) is 0 Å². The summed E-state index contributed by atoms with van der Waals surface area (Å²) in [7, 11) is -1.83. The maximum Gasteiger partial charge on any atom is 0.187 e. The van der Waals surface area contributed by atoms with Crippen LogP contribution in [-0.2, 0) is 4.43 Å². The predicted molar refractivity (Wildman–Crippen MR) is 50.2 cm³/mol. The van der Waals surface area contributed by atoms with E-state index < -0.39 is 16.1 Å². The van der Waals surface area contributed by atoms with Crippen molar-refractivity contribution in [3.63, 3.8) is 0 Å². The van der Waals surface area contributed by atoms with E-state index in [0.29, 0.717) is 0 Å². The van der Waals surface area contributed by atoms with Crippen LogP contribution in [0.3, 0.4) is 0 Å². The van der Waals surface area contributed by atoms with Crippen molar-refractivity contribution in [1.82, 2.24) is 0 Å². The van der Waals surface area contributed by atoms with Crippen molar-refractivity contribution in [1.29, 1.82) is 0 Å². The average molecular weight is 172 g/mol. The summed E-state index contributed by atoms with van der Waals surface area (Å²) >= 11 is 0. The fraction of sp³-hybridized carbons (Fsp3) is 0.714. The molecule has 0 radical (unpaired) electrons. The molecule has 0 aromatic heterocycles. The van der Waals surface area contributed by atoms with Gasteiger partial charge in [0.15, 0.2) is 8.56 Å². The Bertz CT molecular complexity index is 134.